The number of carbonyl (C=O) groups excluding carboxylic acids is 1. The number of anilines is 1. The summed E-state index contributed by atoms with van der Waals surface area (Å²) >= 11 is 6.01. The van der Waals surface area contributed by atoms with Crippen LogP contribution in [0.3, 0.4) is 0 Å². The number of pyridine rings is 1. The van der Waals surface area contributed by atoms with Crippen LogP contribution in [0.15, 0.2) is 60.9 Å². The predicted octanol–water partition coefficient (Wildman–Crippen LogP) is 4.02. The molecule has 0 aliphatic rings. The third-order valence-corrected chi connectivity index (χ3v) is 5.29. The maximum absolute atomic E-state index is 12.7. The number of amides is 1. The van der Waals surface area contributed by atoms with Gasteiger partial charge in [-0.3, -0.25) is 4.79 Å². The summed E-state index contributed by atoms with van der Waals surface area (Å²) in [5, 5.41) is 11.5. The fraction of sp³-hybridized carbons (Fsp3) is 0.130. The first-order valence-electron chi connectivity index (χ1n) is 9.66. The van der Waals surface area contributed by atoms with Crippen LogP contribution in [0, 0.1) is 6.92 Å². The van der Waals surface area contributed by atoms with Gasteiger partial charge in [-0.1, -0.05) is 41.1 Å². The van der Waals surface area contributed by atoms with E-state index < -0.39 is 0 Å². The molecule has 2 aromatic heterocycles. The van der Waals surface area contributed by atoms with Crippen molar-refractivity contribution in [2.45, 2.75) is 13.5 Å². The first-order valence-corrected chi connectivity index (χ1v) is 10.0. The molecule has 0 bridgehead atoms. The minimum atomic E-state index is -0.148. The molecule has 3 N–H and O–H groups in total. The fourth-order valence-corrected chi connectivity index (χ4v) is 3.62. The van der Waals surface area contributed by atoms with E-state index in [-0.39, 0.29) is 5.91 Å². The Balaban J connectivity index is 1.57. The van der Waals surface area contributed by atoms with E-state index in [1.165, 1.54) is 0 Å². The van der Waals surface area contributed by atoms with Gasteiger partial charge in [-0.2, -0.15) is 0 Å². The van der Waals surface area contributed by atoms with Crippen LogP contribution in [0.25, 0.3) is 22.4 Å². The number of nitrogen functional groups attached to an aromatic ring is 1. The van der Waals surface area contributed by atoms with E-state index in [0.29, 0.717) is 22.9 Å². The lowest BCUT2D eigenvalue weighted by Crippen LogP contribution is -2.23. The summed E-state index contributed by atoms with van der Waals surface area (Å²) in [7, 11) is 1.82. The van der Waals surface area contributed by atoms with E-state index in [1.807, 2.05) is 50.4 Å². The van der Waals surface area contributed by atoms with Gasteiger partial charge in [0.15, 0.2) is 0 Å². The summed E-state index contributed by atoms with van der Waals surface area (Å²) in [4.78, 5) is 17.0. The van der Waals surface area contributed by atoms with Gasteiger partial charge in [0, 0.05) is 41.5 Å². The van der Waals surface area contributed by atoms with E-state index in [9.17, 15) is 4.79 Å². The molecule has 0 radical (unpaired) electrons. The summed E-state index contributed by atoms with van der Waals surface area (Å²) in [5.74, 6) is 0.265. The van der Waals surface area contributed by atoms with Crippen molar-refractivity contribution in [3.8, 4) is 22.4 Å². The zero-order chi connectivity index (χ0) is 22.0. The maximum Gasteiger partial charge on any atom is 0.251 e. The van der Waals surface area contributed by atoms with Crippen LogP contribution in [0.1, 0.15) is 21.5 Å². The Bertz CT molecular complexity index is 1270. The summed E-state index contributed by atoms with van der Waals surface area (Å²) in [6.07, 6.45) is 3.37. The smallest absolute Gasteiger partial charge is 0.251 e. The quantitative estimate of drug-likeness (QED) is 0.496. The number of nitrogens with two attached hydrogens (primary N) is 1. The average molecular weight is 433 g/mol. The van der Waals surface area contributed by atoms with E-state index in [0.717, 1.165) is 33.5 Å². The Labute approximate surface area is 184 Å². The SMILES string of the molecule is Cc1cc(-c2cc(-c3cnnn3C)cnc2N)ccc1C(=O)NCc1cccc(Cl)c1. The van der Waals surface area contributed by atoms with Crippen LogP contribution in [-0.2, 0) is 13.6 Å². The molecule has 2 aromatic carbocycles. The Kier molecular flexibility index (Phi) is 5.68. The van der Waals surface area contributed by atoms with Gasteiger partial charge in [-0.05, 0) is 47.9 Å². The molecule has 2 heterocycles. The maximum atomic E-state index is 12.7. The lowest BCUT2D eigenvalue weighted by Gasteiger charge is -2.12. The molecule has 0 unspecified atom stereocenters. The second-order valence-corrected chi connectivity index (χ2v) is 7.68. The van der Waals surface area contributed by atoms with Crippen LogP contribution in [0.5, 0.6) is 0 Å². The number of aromatic nitrogens is 4. The number of benzene rings is 2. The number of aryl methyl sites for hydroxylation is 2. The Hall–Kier alpha value is -3.71. The van der Waals surface area contributed by atoms with Gasteiger partial charge in [0.05, 0.1) is 11.9 Å². The van der Waals surface area contributed by atoms with Gasteiger partial charge < -0.3 is 11.1 Å². The third-order valence-electron chi connectivity index (χ3n) is 5.05. The second kappa shape index (κ2) is 8.57. The molecule has 1 amide bonds. The summed E-state index contributed by atoms with van der Waals surface area (Å²) in [6.45, 7) is 2.30. The monoisotopic (exact) mass is 432 g/mol. The number of hydrogen-bond donors (Lipinski definition) is 2. The minimum absolute atomic E-state index is 0.148. The highest BCUT2D eigenvalue weighted by atomic mass is 35.5. The van der Waals surface area contributed by atoms with E-state index in [2.05, 4.69) is 20.6 Å². The molecule has 8 heteroatoms. The number of rotatable bonds is 5. The number of nitrogens with one attached hydrogen (secondary N) is 1. The third kappa shape index (κ3) is 4.41. The molecule has 0 aliphatic carbocycles. The minimum Gasteiger partial charge on any atom is -0.383 e. The highest BCUT2D eigenvalue weighted by Crippen LogP contribution is 2.30. The van der Waals surface area contributed by atoms with Crippen molar-refractivity contribution >= 4 is 23.3 Å². The lowest BCUT2D eigenvalue weighted by molar-refractivity contribution is 0.0950. The normalized spacial score (nSPS) is 10.8. The van der Waals surface area contributed by atoms with Crippen LogP contribution in [-0.4, -0.2) is 25.9 Å². The number of nitrogens with zero attached hydrogens (tertiary/aromatic N) is 4. The van der Waals surface area contributed by atoms with Crippen molar-refractivity contribution in [3.05, 3.63) is 82.6 Å². The predicted molar refractivity (Wildman–Crippen MR) is 121 cm³/mol. The molecule has 0 atom stereocenters. The van der Waals surface area contributed by atoms with Crippen LogP contribution >= 0.6 is 11.6 Å². The summed E-state index contributed by atoms with van der Waals surface area (Å²) in [5.41, 5.74) is 11.9. The van der Waals surface area contributed by atoms with Crippen molar-refractivity contribution in [1.29, 1.82) is 0 Å². The van der Waals surface area contributed by atoms with E-state index in [1.54, 1.807) is 29.2 Å². The number of carbonyl (C=O) groups is 1. The van der Waals surface area contributed by atoms with Crippen molar-refractivity contribution < 1.29 is 4.79 Å². The van der Waals surface area contributed by atoms with Crippen molar-refractivity contribution in [2.75, 3.05) is 5.73 Å². The van der Waals surface area contributed by atoms with Crippen molar-refractivity contribution in [2.24, 2.45) is 7.05 Å². The molecule has 0 saturated carbocycles. The summed E-state index contributed by atoms with van der Waals surface area (Å²) < 4.78 is 1.68. The van der Waals surface area contributed by atoms with Gasteiger partial charge >= 0.3 is 0 Å². The number of hydrogen-bond acceptors (Lipinski definition) is 5. The highest BCUT2D eigenvalue weighted by molar-refractivity contribution is 6.30. The second-order valence-electron chi connectivity index (χ2n) is 7.24. The van der Waals surface area contributed by atoms with Crippen molar-refractivity contribution in [1.82, 2.24) is 25.3 Å². The Morgan fingerprint density at radius 2 is 1.97 bits per heavy atom. The van der Waals surface area contributed by atoms with E-state index in [4.69, 9.17) is 17.3 Å². The molecule has 7 nitrogen and oxygen atoms in total. The molecule has 31 heavy (non-hydrogen) atoms. The van der Waals surface area contributed by atoms with Gasteiger partial charge in [0.25, 0.3) is 5.91 Å². The summed E-state index contributed by atoms with van der Waals surface area (Å²) in [6, 6.07) is 15.0. The van der Waals surface area contributed by atoms with Crippen LogP contribution in [0.2, 0.25) is 5.02 Å². The van der Waals surface area contributed by atoms with Gasteiger partial charge in [0.2, 0.25) is 0 Å². The fourth-order valence-electron chi connectivity index (χ4n) is 3.41. The Morgan fingerprint density at radius 3 is 2.68 bits per heavy atom. The van der Waals surface area contributed by atoms with Crippen molar-refractivity contribution in [3.63, 3.8) is 0 Å². The molecule has 0 aliphatic heterocycles. The van der Waals surface area contributed by atoms with Gasteiger partial charge in [0.1, 0.15) is 5.82 Å². The molecule has 4 aromatic rings. The zero-order valence-corrected chi connectivity index (χ0v) is 17.9. The zero-order valence-electron chi connectivity index (χ0n) is 17.1. The van der Waals surface area contributed by atoms with Crippen LogP contribution in [0.4, 0.5) is 5.82 Å². The topological polar surface area (TPSA) is 98.7 Å². The standard InChI is InChI=1S/C23H21ClN6O/c1-14-8-16(20-10-17(12-26-22(20)25)21-13-28-29-30(21)2)6-7-19(14)23(31)27-11-15-4-3-5-18(24)9-15/h3-10,12-13H,11H2,1-2H3,(H2,25,26)(H,27,31). The Morgan fingerprint density at radius 1 is 1.13 bits per heavy atom. The first-order chi connectivity index (χ1) is 14.9. The lowest BCUT2D eigenvalue weighted by atomic mass is 9.98. The molecule has 4 rings (SSSR count). The molecular weight excluding hydrogens is 412 g/mol. The number of halogens is 1. The molecule has 0 saturated heterocycles. The molecule has 0 fully saturated rings. The average Bonchev–Trinajstić information content (AvgIpc) is 3.18. The largest absolute Gasteiger partial charge is 0.383 e. The van der Waals surface area contributed by atoms with Gasteiger partial charge in [-0.15, -0.1) is 5.10 Å². The molecular formula is C23H21ClN6O. The van der Waals surface area contributed by atoms with Crippen LogP contribution < -0.4 is 11.1 Å². The first kappa shape index (κ1) is 20.6. The van der Waals surface area contributed by atoms with Gasteiger partial charge in [-0.25, -0.2) is 9.67 Å². The van der Waals surface area contributed by atoms with E-state index >= 15 is 0 Å². The molecule has 156 valence electrons. The molecule has 0 spiro atoms. The highest BCUT2D eigenvalue weighted by Gasteiger charge is 2.14.